The van der Waals surface area contributed by atoms with Gasteiger partial charge < -0.3 is 0 Å². The summed E-state index contributed by atoms with van der Waals surface area (Å²) in [6.07, 6.45) is 2.67. The first-order valence-corrected chi connectivity index (χ1v) is 12.8. The Balaban J connectivity index is 2.09. The van der Waals surface area contributed by atoms with Crippen LogP contribution in [-0.4, -0.2) is 16.5 Å². The quantitative estimate of drug-likeness (QED) is 0.346. The van der Waals surface area contributed by atoms with E-state index in [4.69, 9.17) is 0 Å². The molecule has 0 bridgehead atoms. The SMILES string of the molecule is Cc1cc(C)c(C(=O)[P+](=O)C2(C(=O)c3c(C)cc(C(C)(C)C)cc3C)CCCC2)c(C)c1. The highest BCUT2D eigenvalue weighted by atomic mass is 31.1. The molecular weight excluding hydrogens is 415 g/mol. The molecule has 1 aliphatic rings. The van der Waals surface area contributed by atoms with E-state index in [9.17, 15) is 14.2 Å². The summed E-state index contributed by atoms with van der Waals surface area (Å²) in [5.41, 5.74) is 6.50. The molecule has 0 radical (unpaired) electrons. The van der Waals surface area contributed by atoms with Gasteiger partial charge in [0.15, 0.2) is 0 Å². The molecule has 3 nitrogen and oxygen atoms in total. The van der Waals surface area contributed by atoms with Crippen molar-refractivity contribution < 1.29 is 14.2 Å². The van der Waals surface area contributed by atoms with Crippen molar-refractivity contribution in [2.24, 2.45) is 0 Å². The lowest BCUT2D eigenvalue weighted by atomic mass is 9.81. The number of carbonyl (C=O) groups excluding carboxylic acids is 2. The van der Waals surface area contributed by atoms with E-state index >= 15 is 0 Å². The summed E-state index contributed by atoms with van der Waals surface area (Å²) in [5, 5.41) is -1.10. The van der Waals surface area contributed by atoms with Crippen LogP contribution in [0.25, 0.3) is 0 Å². The van der Waals surface area contributed by atoms with Crippen molar-refractivity contribution in [1.29, 1.82) is 0 Å². The Kier molecular flexibility index (Phi) is 6.64. The molecule has 0 aliphatic heterocycles. The van der Waals surface area contributed by atoms with Gasteiger partial charge in [0.2, 0.25) is 10.9 Å². The van der Waals surface area contributed by atoms with Crippen LogP contribution >= 0.6 is 7.80 Å². The first-order valence-electron chi connectivity index (χ1n) is 11.6. The molecule has 32 heavy (non-hydrogen) atoms. The number of Topliss-reactive ketones (excluding diaryl/α,β-unsaturated/α-hetero) is 1. The van der Waals surface area contributed by atoms with Gasteiger partial charge in [-0.25, -0.2) is 4.79 Å². The smallest absolute Gasteiger partial charge is 0.289 e. The van der Waals surface area contributed by atoms with Gasteiger partial charge >= 0.3 is 13.3 Å². The van der Waals surface area contributed by atoms with Gasteiger partial charge in [0, 0.05) is 18.4 Å². The van der Waals surface area contributed by atoms with E-state index in [-0.39, 0.29) is 16.7 Å². The number of carbonyl (C=O) groups is 2. The Morgan fingerprint density at radius 2 is 1.22 bits per heavy atom. The lowest BCUT2D eigenvalue weighted by Crippen LogP contribution is -2.35. The van der Waals surface area contributed by atoms with E-state index in [1.165, 1.54) is 5.56 Å². The zero-order valence-electron chi connectivity index (χ0n) is 20.8. The molecule has 1 saturated carbocycles. The summed E-state index contributed by atoms with van der Waals surface area (Å²) in [4.78, 5) is 27.6. The highest BCUT2D eigenvalue weighted by molar-refractivity contribution is 7.67. The van der Waals surface area contributed by atoms with Crippen LogP contribution in [0.2, 0.25) is 0 Å². The summed E-state index contributed by atoms with van der Waals surface area (Å²) in [6, 6.07) is 8.05. The third kappa shape index (κ3) is 4.25. The molecule has 2 aromatic carbocycles. The Labute approximate surface area is 193 Å². The number of ketones is 1. The van der Waals surface area contributed by atoms with Gasteiger partial charge in [-0.1, -0.05) is 55.2 Å². The van der Waals surface area contributed by atoms with Crippen LogP contribution in [0.4, 0.5) is 0 Å². The molecule has 1 unspecified atom stereocenters. The van der Waals surface area contributed by atoms with Crippen molar-refractivity contribution in [3.63, 3.8) is 0 Å². The molecule has 1 atom stereocenters. The summed E-state index contributed by atoms with van der Waals surface area (Å²) >= 11 is 0. The minimum atomic E-state index is -2.40. The average Bonchev–Trinajstić information content (AvgIpc) is 3.16. The van der Waals surface area contributed by atoms with Crippen LogP contribution in [-0.2, 0) is 9.98 Å². The molecule has 1 aliphatic carbocycles. The molecule has 0 amide bonds. The van der Waals surface area contributed by atoms with Gasteiger partial charge in [-0.15, -0.1) is 0 Å². The maximum absolute atomic E-state index is 14.0. The molecule has 0 aromatic heterocycles. The topological polar surface area (TPSA) is 51.2 Å². The number of benzene rings is 2. The van der Waals surface area contributed by atoms with Gasteiger partial charge in [0.05, 0.1) is 5.56 Å². The normalized spacial score (nSPS) is 16.2. The first kappa shape index (κ1) is 24.5. The molecule has 1 fully saturated rings. The Hall–Kier alpha value is -2.12. The van der Waals surface area contributed by atoms with Crippen molar-refractivity contribution in [1.82, 2.24) is 0 Å². The molecule has 0 N–H and O–H groups in total. The summed E-state index contributed by atoms with van der Waals surface area (Å²) in [7, 11) is -2.40. The third-order valence-electron chi connectivity index (χ3n) is 6.94. The molecule has 3 rings (SSSR count). The van der Waals surface area contributed by atoms with Gasteiger partial charge in [0.25, 0.3) is 0 Å². The fourth-order valence-electron chi connectivity index (χ4n) is 5.28. The van der Waals surface area contributed by atoms with Crippen molar-refractivity contribution in [2.45, 2.75) is 91.6 Å². The third-order valence-corrected chi connectivity index (χ3v) is 8.96. The maximum Gasteiger partial charge on any atom is 0.434 e. The Morgan fingerprint density at radius 1 is 0.781 bits per heavy atom. The van der Waals surface area contributed by atoms with Crippen molar-refractivity contribution in [2.75, 3.05) is 0 Å². The van der Waals surface area contributed by atoms with Crippen LogP contribution in [0.5, 0.6) is 0 Å². The second-order valence-electron chi connectivity index (χ2n) is 10.7. The number of hydrogen-bond acceptors (Lipinski definition) is 3. The van der Waals surface area contributed by atoms with E-state index in [0.717, 1.165) is 40.7 Å². The number of hydrogen-bond donors (Lipinski definition) is 0. The molecule has 0 spiro atoms. The van der Waals surface area contributed by atoms with E-state index in [1.54, 1.807) is 0 Å². The standard InChI is InChI=1S/C28H36O3P/c1-17-13-18(2)24(19(3)14-17)26(30)32(31)28(11-9-10-12-28)25(29)23-20(4)15-22(16-21(23)5)27(6,7)8/h13-16H,9-12H2,1-8H3/q+1. The summed E-state index contributed by atoms with van der Waals surface area (Å²) in [5.74, 6) is -0.109. The molecule has 0 heterocycles. The van der Waals surface area contributed by atoms with E-state index in [2.05, 4.69) is 32.9 Å². The monoisotopic (exact) mass is 451 g/mol. The van der Waals surface area contributed by atoms with E-state index in [0.29, 0.717) is 24.0 Å². The molecule has 2 aromatic rings. The van der Waals surface area contributed by atoms with Crippen LogP contribution < -0.4 is 0 Å². The number of rotatable bonds is 5. The van der Waals surface area contributed by atoms with Crippen LogP contribution in [0, 0.1) is 34.6 Å². The minimum absolute atomic E-state index is 0.0241. The molecular formula is C28H36O3P+. The van der Waals surface area contributed by atoms with Crippen molar-refractivity contribution >= 4 is 19.1 Å². The lowest BCUT2D eigenvalue weighted by Gasteiger charge is -2.24. The molecule has 0 saturated heterocycles. The second kappa shape index (κ2) is 8.67. The highest BCUT2D eigenvalue weighted by Gasteiger charge is 2.61. The average molecular weight is 452 g/mol. The van der Waals surface area contributed by atoms with E-state index < -0.39 is 13.0 Å². The van der Waals surface area contributed by atoms with Gasteiger partial charge in [-0.3, -0.25) is 4.79 Å². The molecule has 4 heteroatoms. The maximum atomic E-state index is 14.0. The van der Waals surface area contributed by atoms with Crippen LogP contribution in [0.3, 0.4) is 0 Å². The van der Waals surface area contributed by atoms with Crippen LogP contribution in [0.1, 0.15) is 101 Å². The molecule has 170 valence electrons. The predicted octanol–water partition coefficient (Wildman–Crippen LogP) is 7.69. The second-order valence-corrected chi connectivity index (χ2v) is 12.5. The first-order chi connectivity index (χ1) is 14.8. The summed E-state index contributed by atoms with van der Waals surface area (Å²) < 4.78 is 13.9. The Morgan fingerprint density at radius 3 is 1.66 bits per heavy atom. The zero-order valence-corrected chi connectivity index (χ0v) is 21.7. The van der Waals surface area contributed by atoms with E-state index in [1.807, 2.05) is 46.8 Å². The number of aryl methyl sites for hydroxylation is 5. The fraction of sp³-hybridized carbons (Fsp3) is 0.500. The van der Waals surface area contributed by atoms with Gasteiger partial charge in [-0.05, 0) is 80.7 Å². The Bertz CT molecular complexity index is 1070. The highest BCUT2D eigenvalue weighted by Crippen LogP contribution is 2.54. The van der Waals surface area contributed by atoms with Crippen molar-refractivity contribution in [3.8, 4) is 0 Å². The largest absolute Gasteiger partial charge is 0.434 e. The fourth-order valence-corrected chi connectivity index (χ4v) is 7.25. The van der Waals surface area contributed by atoms with Crippen molar-refractivity contribution in [3.05, 3.63) is 68.8 Å². The summed E-state index contributed by atoms with van der Waals surface area (Å²) in [6.45, 7) is 16.2. The minimum Gasteiger partial charge on any atom is -0.289 e. The predicted molar refractivity (Wildman–Crippen MR) is 133 cm³/mol. The zero-order chi connectivity index (χ0) is 24.0. The van der Waals surface area contributed by atoms with Gasteiger partial charge in [-0.2, -0.15) is 0 Å². The lowest BCUT2D eigenvalue weighted by molar-refractivity contribution is 0.0929. The van der Waals surface area contributed by atoms with Crippen LogP contribution in [0.15, 0.2) is 24.3 Å². The van der Waals surface area contributed by atoms with Gasteiger partial charge in [0.1, 0.15) is 0 Å².